The summed E-state index contributed by atoms with van der Waals surface area (Å²) >= 11 is 5.98. The van der Waals surface area contributed by atoms with Crippen LogP contribution in [0.25, 0.3) is 11.0 Å². The number of para-hydroxylation sites is 1. The molecule has 1 amide bonds. The van der Waals surface area contributed by atoms with Gasteiger partial charge in [0.25, 0.3) is 5.91 Å². The quantitative estimate of drug-likeness (QED) is 0.665. The summed E-state index contributed by atoms with van der Waals surface area (Å²) in [6.07, 6.45) is 1.64. The van der Waals surface area contributed by atoms with Crippen LogP contribution in [0.15, 0.2) is 70.4 Å². The topological polar surface area (TPSA) is 50.5 Å². The maximum absolute atomic E-state index is 13.1. The predicted octanol–water partition coefficient (Wildman–Crippen LogP) is 4.18. The molecule has 0 fully saturated rings. The molecule has 1 aromatic heterocycles. The zero-order chi connectivity index (χ0) is 17.6. The Kier molecular flexibility index (Phi) is 3.70. The highest BCUT2D eigenvalue weighted by molar-refractivity contribution is 6.30. The van der Waals surface area contributed by atoms with Gasteiger partial charge in [0.15, 0.2) is 5.43 Å². The van der Waals surface area contributed by atoms with Crippen molar-refractivity contribution in [2.24, 2.45) is 0 Å². The molecule has 2 aromatic carbocycles. The van der Waals surface area contributed by atoms with Crippen LogP contribution in [-0.4, -0.2) is 17.4 Å². The summed E-state index contributed by atoms with van der Waals surface area (Å²) in [5.41, 5.74) is 1.40. The summed E-state index contributed by atoms with van der Waals surface area (Å²) in [5, 5.41) is 1.06. The van der Waals surface area contributed by atoms with Crippen molar-refractivity contribution >= 4 is 28.5 Å². The highest BCUT2D eigenvalue weighted by Crippen LogP contribution is 2.38. The largest absolute Gasteiger partial charge is 0.450 e. The average molecular weight is 352 g/mol. The lowest BCUT2D eigenvalue weighted by Crippen LogP contribution is -2.29. The smallest absolute Gasteiger partial charge is 0.291 e. The fourth-order valence-corrected chi connectivity index (χ4v) is 3.41. The summed E-state index contributed by atoms with van der Waals surface area (Å²) < 4.78 is 5.80. The number of hydrogen-bond donors (Lipinski definition) is 0. The van der Waals surface area contributed by atoms with Crippen molar-refractivity contribution in [2.45, 2.75) is 6.04 Å². The van der Waals surface area contributed by atoms with Gasteiger partial charge in [-0.15, -0.1) is 6.58 Å². The molecule has 4 rings (SSSR count). The SMILES string of the molecule is C=CCN1C(=O)c2oc3ccccc3c(=O)c2[C@H]1c1ccc(Cl)cc1. The second-order valence-electron chi connectivity index (χ2n) is 5.87. The molecular weight excluding hydrogens is 338 g/mol. The number of rotatable bonds is 3. The number of hydrogen-bond acceptors (Lipinski definition) is 3. The third-order valence-electron chi connectivity index (χ3n) is 4.38. The summed E-state index contributed by atoms with van der Waals surface area (Å²) in [6, 6.07) is 13.6. The van der Waals surface area contributed by atoms with Gasteiger partial charge in [0.05, 0.1) is 17.0 Å². The average Bonchev–Trinajstić information content (AvgIpc) is 2.89. The molecule has 5 heteroatoms. The lowest BCUT2D eigenvalue weighted by atomic mass is 9.98. The van der Waals surface area contributed by atoms with E-state index < -0.39 is 6.04 Å². The van der Waals surface area contributed by atoms with Gasteiger partial charge in [-0.05, 0) is 29.8 Å². The Morgan fingerprint density at radius 1 is 1.12 bits per heavy atom. The van der Waals surface area contributed by atoms with Crippen molar-refractivity contribution in [3.05, 3.63) is 93.3 Å². The second-order valence-corrected chi connectivity index (χ2v) is 6.31. The van der Waals surface area contributed by atoms with E-state index in [0.717, 1.165) is 5.56 Å². The van der Waals surface area contributed by atoms with Crippen LogP contribution in [0.3, 0.4) is 0 Å². The van der Waals surface area contributed by atoms with Crippen LogP contribution in [0, 0.1) is 0 Å². The minimum atomic E-state index is -0.515. The molecule has 0 unspecified atom stereocenters. The Hall–Kier alpha value is -2.85. The van der Waals surface area contributed by atoms with Crippen LogP contribution in [0.1, 0.15) is 27.7 Å². The molecule has 0 aliphatic carbocycles. The lowest BCUT2D eigenvalue weighted by molar-refractivity contribution is 0.0748. The maximum Gasteiger partial charge on any atom is 0.291 e. The van der Waals surface area contributed by atoms with Crippen molar-refractivity contribution in [1.82, 2.24) is 4.90 Å². The lowest BCUT2D eigenvalue weighted by Gasteiger charge is -2.23. The highest BCUT2D eigenvalue weighted by atomic mass is 35.5. The molecule has 0 saturated carbocycles. The number of amides is 1. The molecule has 1 aliphatic rings. The van der Waals surface area contributed by atoms with Gasteiger partial charge in [-0.2, -0.15) is 0 Å². The van der Waals surface area contributed by atoms with Gasteiger partial charge < -0.3 is 9.32 Å². The fourth-order valence-electron chi connectivity index (χ4n) is 3.29. The van der Waals surface area contributed by atoms with E-state index in [1.54, 1.807) is 47.4 Å². The van der Waals surface area contributed by atoms with E-state index in [1.807, 2.05) is 12.1 Å². The Morgan fingerprint density at radius 3 is 2.56 bits per heavy atom. The van der Waals surface area contributed by atoms with Crippen LogP contribution in [0.2, 0.25) is 5.02 Å². The number of fused-ring (bicyclic) bond motifs is 2. The van der Waals surface area contributed by atoms with Crippen molar-refractivity contribution in [2.75, 3.05) is 6.54 Å². The third kappa shape index (κ3) is 2.37. The number of carbonyl (C=O) groups is 1. The second kappa shape index (κ2) is 5.90. The van der Waals surface area contributed by atoms with E-state index in [-0.39, 0.29) is 17.1 Å². The van der Waals surface area contributed by atoms with E-state index in [4.69, 9.17) is 16.0 Å². The van der Waals surface area contributed by atoms with Crippen LogP contribution >= 0.6 is 11.6 Å². The van der Waals surface area contributed by atoms with Gasteiger partial charge in [-0.25, -0.2) is 0 Å². The van der Waals surface area contributed by atoms with Crippen molar-refractivity contribution in [3.8, 4) is 0 Å². The number of halogens is 1. The normalized spacial score (nSPS) is 16.3. The minimum absolute atomic E-state index is 0.102. The molecule has 1 atom stereocenters. The summed E-state index contributed by atoms with van der Waals surface area (Å²) in [4.78, 5) is 27.5. The fraction of sp³-hybridized carbons (Fsp3) is 0.100. The standard InChI is InChI=1S/C20H14ClNO3/c1-2-11-22-17(12-7-9-13(21)10-8-12)16-18(23)14-5-3-4-6-15(14)25-19(16)20(22)24/h2-10,17H,1,11H2/t17-/m1/s1. The molecule has 3 aromatic rings. The zero-order valence-electron chi connectivity index (χ0n) is 13.2. The van der Waals surface area contributed by atoms with Crippen LogP contribution < -0.4 is 5.43 Å². The Morgan fingerprint density at radius 2 is 1.84 bits per heavy atom. The molecule has 0 radical (unpaired) electrons. The first-order valence-corrected chi connectivity index (χ1v) is 8.22. The van der Waals surface area contributed by atoms with Gasteiger partial charge in [-0.1, -0.05) is 41.9 Å². The van der Waals surface area contributed by atoms with Gasteiger partial charge in [0.1, 0.15) is 5.58 Å². The number of carbonyl (C=O) groups excluding carboxylic acids is 1. The molecule has 0 saturated heterocycles. The van der Waals surface area contributed by atoms with Crippen LogP contribution in [0.5, 0.6) is 0 Å². The molecule has 2 heterocycles. The van der Waals surface area contributed by atoms with E-state index in [9.17, 15) is 9.59 Å². The van der Waals surface area contributed by atoms with Gasteiger partial charge in [0, 0.05) is 11.6 Å². The van der Waals surface area contributed by atoms with Crippen LogP contribution in [-0.2, 0) is 0 Å². The Labute approximate surface area is 148 Å². The third-order valence-corrected chi connectivity index (χ3v) is 4.64. The van der Waals surface area contributed by atoms with E-state index in [1.165, 1.54) is 0 Å². The van der Waals surface area contributed by atoms with E-state index in [0.29, 0.717) is 28.1 Å². The van der Waals surface area contributed by atoms with E-state index >= 15 is 0 Å². The summed E-state index contributed by atoms with van der Waals surface area (Å²) in [5.74, 6) is -0.205. The molecule has 124 valence electrons. The summed E-state index contributed by atoms with van der Waals surface area (Å²) in [6.45, 7) is 4.03. The molecular formula is C20H14ClNO3. The van der Waals surface area contributed by atoms with E-state index in [2.05, 4.69) is 6.58 Å². The maximum atomic E-state index is 13.1. The highest BCUT2D eigenvalue weighted by Gasteiger charge is 2.42. The first-order valence-electron chi connectivity index (χ1n) is 7.85. The number of benzene rings is 2. The molecule has 0 spiro atoms. The minimum Gasteiger partial charge on any atom is -0.450 e. The molecule has 1 aliphatic heterocycles. The van der Waals surface area contributed by atoms with Gasteiger partial charge in [-0.3, -0.25) is 9.59 Å². The first-order chi connectivity index (χ1) is 12.1. The number of nitrogens with zero attached hydrogens (tertiary/aromatic N) is 1. The molecule has 0 bridgehead atoms. The predicted molar refractivity (Wildman–Crippen MR) is 97.0 cm³/mol. The Bertz CT molecular complexity index is 1050. The van der Waals surface area contributed by atoms with Gasteiger partial charge >= 0.3 is 0 Å². The summed E-state index contributed by atoms with van der Waals surface area (Å²) in [7, 11) is 0. The molecule has 25 heavy (non-hydrogen) atoms. The molecule has 0 N–H and O–H groups in total. The van der Waals surface area contributed by atoms with Crippen molar-refractivity contribution in [1.29, 1.82) is 0 Å². The van der Waals surface area contributed by atoms with Crippen molar-refractivity contribution in [3.63, 3.8) is 0 Å². The van der Waals surface area contributed by atoms with Crippen LogP contribution in [0.4, 0.5) is 0 Å². The zero-order valence-corrected chi connectivity index (χ0v) is 14.0. The van der Waals surface area contributed by atoms with Crippen molar-refractivity contribution < 1.29 is 9.21 Å². The first kappa shape index (κ1) is 15.7. The van der Waals surface area contributed by atoms with Gasteiger partial charge in [0.2, 0.25) is 5.76 Å². The monoisotopic (exact) mass is 351 g/mol. The Balaban J connectivity index is 2.02. The molecule has 4 nitrogen and oxygen atoms in total.